The number of ether oxygens (including phenoxy) is 1. The third-order valence-electron chi connectivity index (χ3n) is 4.80. The Hall–Kier alpha value is -3.88. The lowest BCUT2D eigenvalue weighted by atomic mass is 10.0. The van der Waals surface area contributed by atoms with E-state index in [4.69, 9.17) is 10.5 Å². The molecule has 0 bridgehead atoms. The first-order chi connectivity index (χ1) is 16.0. The first-order valence-electron chi connectivity index (χ1n) is 10.9. The van der Waals surface area contributed by atoms with E-state index < -0.39 is 47.9 Å². The molecule has 0 fully saturated rings. The van der Waals surface area contributed by atoms with Crippen LogP contribution < -0.4 is 16.4 Å². The van der Waals surface area contributed by atoms with Gasteiger partial charge in [0.1, 0.15) is 17.7 Å². The third kappa shape index (κ3) is 8.23. The Morgan fingerprint density at radius 1 is 0.971 bits per heavy atom. The highest BCUT2D eigenvalue weighted by Gasteiger charge is 2.34. The van der Waals surface area contributed by atoms with Crippen molar-refractivity contribution in [1.29, 1.82) is 0 Å². The van der Waals surface area contributed by atoms with Gasteiger partial charge in [0.2, 0.25) is 17.7 Å². The van der Waals surface area contributed by atoms with Gasteiger partial charge in [-0.05, 0) is 31.9 Å². The number of carbonyl (C=O) groups excluding carboxylic acids is 4. The molecule has 0 aliphatic rings. The lowest BCUT2D eigenvalue weighted by Crippen LogP contribution is -2.52. The second-order valence-corrected chi connectivity index (χ2v) is 8.84. The fraction of sp³-hybridized carbons (Fsp3) is 0.360. The molecule has 34 heavy (non-hydrogen) atoms. The van der Waals surface area contributed by atoms with Gasteiger partial charge in [-0.2, -0.15) is 0 Å². The highest BCUT2D eigenvalue weighted by molar-refractivity contribution is 5.94. The molecule has 9 heteroatoms. The number of primary amides is 1. The molecule has 0 spiro atoms. The zero-order valence-electron chi connectivity index (χ0n) is 19.9. The Kier molecular flexibility index (Phi) is 9.18. The molecule has 2 atom stereocenters. The molecule has 182 valence electrons. The lowest BCUT2D eigenvalue weighted by Gasteiger charge is -2.31. The normalized spacial score (nSPS) is 12.7. The summed E-state index contributed by atoms with van der Waals surface area (Å²) in [5, 5.41) is 5.25. The summed E-state index contributed by atoms with van der Waals surface area (Å²) in [5.41, 5.74) is 5.97. The average molecular weight is 469 g/mol. The number of nitrogens with zero attached hydrogens (tertiary/aromatic N) is 1. The van der Waals surface area contributed by atoms with E-state index in [1.165, 1.54) is 11.9 Å². The van der Waals surface area contributed by atoms with Crippen molar-refractivity contribution in [3.8, 4) is 0 Å². The van der Waals surface area contributed by atoms with Gasteiger partial charge >= 0.3 is 6.09 Å². The van der Waals surface area contributed by atoms with E-state index in [1.54, 1.807) is 51.1 Å². The summed E-state index contributed by atoms with van der Waals surface area (Å²) >= 11 is 0. The zero-order chi connectivity index (χ0) is 25.3. The Morgan fingerprint density at radius 2 is 1.53 bits per heavy atom. The second-order valence-electron chi connectivity index (χ2n) is 8.84. The van der Waals surface area contributed by atoms with E-state index in [0.717, 1.165) is 5.56 Å². The molecule has 4 amide bonds. The molecule has 4 N–H and O–H groups in total. The lowest BCUT2D eigenvalue weighted by molar-refractivity contribution is -0.141. The van der Waals surface area contributed by atoms with Crippen LogP contribution in [-0.2, 0) is 25.7 Å². The summed E-state index contributed by atoms with van der Waals surface area (Å²) in [5.74, 6) is -1.86. The van der Waals surface area contributed by atoms with Crippen molar-refractivity contribution in [3.05, 3.63) is 71.8 Å². The molecule has 0 aliphatic carbocycles. The van der Waals surface area contributed by atoms with E-state index in [9.17, 15) is 19.2 Å². The van der Waals surface area contributed by atoms with Crippen molar-refractivity contribution in [2.45, 2.75) is 51.4 Å². The number of likely N-dealkylation sites (N-methyl/N-ethyl adjacent to an activating group) is 1. The van der Waals surface area contributed by atoms with E-state index >= 15 is 0 Å². The monoisotopic (exact) mass is 468 g/mol. The number of benzene rings is 2. The summed E-state index contributed by atoms with van der Waals surface area (Å²) in [6.45, 7) is 5.29. The Balaban J connectivity index is 2.26. The van der Waals surface area contributed by atoms with Gasteiger partial charge in [0.05, 0.1) is 6.42 Å². The summed E-state index contributed by atoms with van der Waals surface area (Å²) in [6, 6.07) is 15.8. The molecule has 0 heterocycles. The fourth-order valence-electron chi connectivity index (χ4n) is 3.29. The van der Waals surface area contributed by atoms with Gasteiger partial charge < -0.3 is 26.0 Å². The fourth-order valence-corrected chi connectivity index (χ4v) is 3.29. The Labute approximate surface area is 199 Å². The van der Waals surface area contributed by atoms with E-state index in [0.29, 0.717) is 5.56 Å². The predicted octanol–water partition coefficient (Wildman–Crippen LogP) is 2.27. The van der Waals surface area contributed by atoms with Crippen molar-refractivity contribution in [2.75, 3.05) is 7.05 Å². The van der Waals surface area contributed by atoms with Gasteiger partial charge in [0, 0.05) is 13.6 Å². The number of rotatable bonds is 9. The van der Waals surface area contributed by atoms with Gasteiger partial charge in [-0.1, -0.05) is 60.7 Å². The number of nitrogens with one attached hydrogen (secondary N) is 2. The van der Waals surface area contributed by atoms with Crippen LogP contribution in [-0.4, -0.2) is 47.4 Å². The summed E-state index contributed by atoms with van der Waals surface area (Å²) in [7, 11) is 1.44. The van der Waals surface area contributed by atoms with E-state index in [1.807, 2.05) is 30.3 Å². The van der Waals surface area contributed by atoms with Crippen molar-refractivity contribution in [2.24, 2.45) is 5.73 Å². The highest BCUT2D eigenvalue weighted by Crippen LogP contribution is 2.21. The standard InChI is InChI=1S/C25H32N4O5/c1-25(2,3)34-24(33)28-19(15-20(26)30)23(32)29(4)21(18-13-9-6-10-14-18)22(31)27-16-17-11-7-5-8-12-17/h5-14,19,21H,15-16H2,1-4H3,(H2,26,30)(H,27,31)(H,28,33). The number of amides is 4. The molecule has 0 saturated carbocycles. The molecule has 0 saturated heterocycles. The van der Waals surface area contributed by atoms with Crippen molar-refractivity contribution < 1.29 is 23.9 Å². The van der Waals surface area contributed by atoms with Gasteiger partial charge in [0.25, 0.3) is 0 Å². The molecular weight excluding hydrogens is 436 g/mol. The van der Waals surface area contributed by atoms with Crippen LogP contribution in [0.2, 0.25) is 0 Å². The van der Waals surface area contributed by atoms with Crippen LogP contribution in [0.15, 0.2) is 60.7 Å². The molecule has 2 unspecified atom stereocenters. The van der Waals surface area contributed by atoms with Gasteiger partial charge in [-0.3, -0.25) is 14.4 Å². The van der Waals surface area contributed by atoms with Crippen LogP contribution in [0.3, 0.4) is 0 Å². The Morgan fingerprint density at radius 3 is 2.06 bits per heavy atom. The van der Waals surface area contributed by atoms with Crippen molar-refractivity contribution in [3.63, 3.8) is 0 Å². The van der Waals surface area contributed by atoms with Crippen LogP contribution in [0.25, 0.3) is 0 Å². The molecule has 0 radical (unpaired) electrons. The second kappa shape index (κ2) is 11.8. The van der Waals surface area contributed by atoms with Crippen LogP contribution in [0.5, 0.6) is 0 Å². The van der Waals surface area contributed by atoms with Crippen LogP contribution in [0.1, 0.15) is 44.4 Å². The minimum atomic E-state index is -1.30. The molecule has 9 nitrogen and oxygen atoms in total. The number of carbonyl (C=O) groups is 4. The smallest absolute Gasteiger partial charge is 0.408 e. The quantitative estimate of drug-likeness (QED) is 0.520. The molecular formula is C25H32N4O5. The van der Waals surface area contributed by atoms with Crippen LogP contribution in [0.4, 0.5) is 4.79 Å². The zero-order valence-corrected chi connectivity index (χ0v) is 19.9. The maximum absolute atomic E-state index is 13.3. The van der Waals surface area contributed by atoms with Gasteiger partial charge in [-0.25, -0.2) is 4.79 Å². The maximum atomic E-state index is 13.3. The van der Waals surface area contributed by atoms with E-state index in [-0.39, 0.29) is 6.54 Å². The number of hydrogen-bond acceptors (Lipinski definition) is 5. The molecule has 2 aromatic rings. The molecule has 2 aromatic carbocycles. The van der Waals surface area contributed by atoms with Gasteiger partial charge in [0.15, 0.2) is 0 Å². The Bertz CT molecular complexity index is 989. The minimum absolute atomic E-state index is 0.270. The van der Waals surface area contributed by atoms with Crippen LogP contribution >= 0.6 is 0 Å². The maximum Gasteiger partial charge on any atom is 0.408 e. The summed E-state index contributed by atoms with van der Waals surface area (Å²) in [6.07, 6.45) is -1.32. The van der Waals surface area contributed by atoms with Crippen LogP contribution in [0, 0.1) is 0 Å². The first-order valence-corrected chi connectivity index (χ1v) is 10.9. The molecule has 0 aliphatic heterocycles. The van der Waals surface area contributed by atoms with Crippen molar-refractivity contribution >= 4 is 23.8 Å². The first kappa shape index (κ1) is 26.4. The van der Waals surface area contributed by atoms with E-state index in [2.05, 4.69) is 10.6 Å². The number of alkyl carbamates (subject to hydrolysis) is 1. The number of hydrogen-bond donors (Lipinski definition) is 3. The third-order valence-corrected chi connectivity index (χ3v) is 4.80. The topological polar surface area (TPSA) is 131 Å². The predicted molar refractivity (Wildman–Crippen MR) is 127 cm³/mol. The molecule has 2 rings (SSSR count). The average Bonchev–Trinajstić information content (AvgIpc) is 2.76. The van der Waals surface area contributed by atoms with Crippen molar-refractivity contribution in [1.82, 2.24) is 15.5 Å². The highest BCUT2D eigenvalue weighted by atomic mass is 16.6. The minimum Gasteiger partial charge on any atom is -0.444 e. The molecule has 0 aromatic heterocycles. The number of nitrogens with two attached hydrogens (primary N) is 1. The SMILES string of the molecule is CN(C(=O)C(CC(N)=O)NC(=O)OC(C)(C)C)C(C(=O)NCc1ccccc1)c1ccccc1. The summed E-state index contributed by atoms with van der Waals surface area (Å²) in [4.78, 5) is 51.6. The largest absolute Gasteiger partial charge is 0.444 e. The van der Waals surface area contributed by atoms with Gasteiger partial charge in [-0.15, -0.1) is 0 Å². The summed E-state index contributed by atoms with van der Waals surface area (Å²) < 4.78 is 5.21.